The Morgan fingerprint density at radius 1 is 1.60 bits per heavy atom. The fourth-order valence-corrected chi connectivity index (χ4v) is 2.63. The second kappa shape index (κ2) is 4.47. The normalized spacial score (nSPS) is 23.4. The minimum Gasteiger partial charge on any atom is -0.345 e. The third-order valence-electron chi connectivity index (χ3n) is 2.98. The fraction of sp³-hybridized carbons (Fsp3) is 0.700. The molecular formula is C10H18N4S. The number of piperazine rings is 1. The molecule has 1 aliphatic heterocycles. The van der Waals surface area contributed by atoms with E-state index in [4.69, 9.17) is 5.73 Å². The van der Waals surface area contributed by atoms with Gasteiger partial charge in [-0.15, -0.1) is 11.3 Å². The third kappa shape index (κ3) is 2.30. The highest BCUT2D eigenvalue weighted by atomic mass is 32.1. The first kappa shape index (κ1) is 10.9. The summed E-state index contributed by atoms with van der Waals surface area (Å²) in [5, 5.41) is 3.17. The van der Waals surface area contributed by atoms with Crippen LogP contribution in [-0.2, 0) is 6.54 Å². The summed E-state index contributed by atoms with van der Waals surface area (Å²) in [6.45, 7) is 6.04. The zero-order valence-electron chi connectivity index (χ0n) is 9.31. The number of likely N-dealkylation sites (N-methyl/N-ethyl adjacent to an activating group) is 1. The van der Waals surface area contributed by atoms with E-state index < -0.39 is 0 Å². The van der Waals surface area contributed by atoms with Crippen molar-refractivity contribution in [3.05, 3.63) is 11.1 Å². The van der Waals surface area contributed by atoms with E-state index in [0.29, 0.717) is 12.6 Å². The molecule has 0 aliphatic carbocycles. The Labute approximate surface area is 94.7 Å². The predicted molar refractivity (Wildman–Crippen MR) is 64.3 cm³/mol. The molecule has 0 amide bonds. The highest BCUT2D eigenvalue weighted by Crippen LogP contribution is 2.22. The van der Waals surface area contributed by atoms with Gasteiger partial charge in [-0.25, -0.2) is 4.98 Å². The van der Waals surface area contributed by atoms with E-state index in [1.807, 2.05) is 0 Å². The summed E-state index contributed by atoms with van der Waals surface area (Å²) in [6, 6.07) is 0.601. The summed E-state index contributed by atoms with van der Waals surface area (Å²) in [6.07, 6.45) is 0. The van der Waals surface area contributed by atoms with E-state index in [-0.39, 0.29) is 0 Å². The van der Waals surface area contributed by atoms with Crippen LogP contribution in [0.25, 0.3) is 0 Å². The molecule has 1 aromatic heterocycles. The topological polar surface area (TPSA) is 45.4 Å². The van der Waals surface area contributed by atoms with Gasteiger partial charge in [-0.2, -0.15) is 0 Å². The summed E-state index contributed by atoms with van der Waals surface area (Å²) >= 11 is 1.70. The molecule has 1 atom stereocenters. The van der Waals surface area contributed by atoms with Crippen LogP contribution in [0.2, 0.25) is 0 Å². The van der Waals surface area contributed by atoms with E-state index in [9.17, 15) is 0 Å². The molecule has 1 aromatic rings. The lowest BCUT2D eigenvalue weighted by atomic mass is 10.2. The lowest BCUT2D eigenvalue weighted by Crippen LogP contribution is -2.50. The fourth-order valence-electron chi connectivity index (χ4n) is 1.76. The van der Waals surface area contributed by atoms with E-state index in [2.05, 4.69) is 34.1 Å². The van der Waals surface area contributed by atoms with Gasteiger partial charge in [0.15, 0.2) is 5.13 Å². The number of aromatic nitrogens is 1. The molecule has 0 spiro atoms. The zero-order valence-corrected chi connectivity index (χ0v) is 10.1. The van der Waals surface area contributed by atoms with Crippen molar-refractivity contribution in [1.82, 2.24) is 9.88 Å². The minimum atomic E-state index is 0.541. The van der Waals surface area contributed by atoms with Gasteiger partial charge in [0.05, 0.1) is 5.69 Å². The molecule has 0 bridgehead atoms. The number of nitrogens with two attached hydrogens (primary N) is 1. The first-order chi connectivity index (χ1) is 7.20. The quantitative estimate of drug-likeness (QED) is 0.808. The number of anilines is 1. The van der Waals surface area contributed by atoms with Crippen LogP contribution in [0.5, 0.6) is 0 Å². The molecule has 2 heterocycles. The molecule has 84 valence electrons. The molecule has 2 N–H and O–H groups in total. The molecule has 1 saturated heterocycles. The Kier molecular flexibility index (Phi) is 3.23. The van der Waals surface area contributed by atoms with Crippen LogP contribution >= 0.6 is 11.3 Å². The van der Waals surface area contributed by atoms with Crippen molar-refractivity contribution in [2.45, 2.75) is 19.5 Å². The number of hydrogen-bond donors (Lipinski definition) is 1. The Hall–Kier alpha value is -0.650. The Morgan fingerprint density at radius 3 is 3.00 bits per heavy atom. The van der Waals surface area contributed by atoms with E-state index in [1.54, 1.807) is 11.3 Å². The first-order valence-electron chi connectivity index (χ1n) is 5.30. The molecule has 1 fully saturated rings. The van der Waals surface area contributed by atoms with Crippen LogP contribution in [0, 0.1) is 0 Å². The van der Waals surface area contributed by atoms with Crippen LogP contribution in [0.4, 0.5) is 5.13 Å². The first-order valence-corrected chi connectivity index (χ1v) is 6.18. The third-order valence-corrected chi connectivity index (χ3v) is 3.93. The Balaban J connectivity index is 2.05. The number of nitrogens with zero attached hydrogens (tertiary/aromatic N) is 3. The van der Waals surface area contributed by atoms with Crippen molar-refractivity contribution in [2.75, 3.05) is 31.6 Å². The monoisotopic (exact) mass is 226 g/mol. The van der Waals surface area contributed by atoms with Crippen molar-refractivity contribution >= 4 is 16.5 Å². The zero-order chi connectivity index (χ0) is 10.8. The molecule has 0 aromatic carbocycles. The van der Waals surface area contributed by atoms with Gasteiger partial charge in [0.1, 0.15) is 0 Å². The second-order valence-electron chi connectivity index (χ2n) is 4.10. The summed E-state index contributed by atoms with van der Waals surface area (Å²) in [7, 11) is 2.18. The van der Waals surface area contributed by atoms with Crippen LogP contribution < -0.4 is 10.6 Å². The van der Waals surface area contributed by atoms with Crippen LogP contribution in [-0.4, -0.2) is 42.6 Å². The lowest BCUT2D eigenvalue weighted by Gasteiger charge is -2.37. The van der Waals surface area contributed by atoms with Gasteiger partial charge in [0.2, 0.25) is 0 Å². The Morgan fingerprint density at radius 2 is 2.40 bits per heavy atom. The molecular weight excluding hydrogens is 208 g/mol. The van der Waals surface area contributed by atoms with E-state index >= 15 is 0 Å². The predicted octanol–water partition coefficient (Wildman–Crippen LogP) is 0.742. The highest BCUT2D eigenvalue weighted by molar-refractivity contribution is 7.13. The molecule has 1 aliphatic rings. The summed E-state index contributed by atoms with van der Waals surface area (Å²) in [4.78, 5) is 9.25. The highest BCUT2D eigenvalue weighted by Gasteiger charge is 2.22. The van der Waals surface area contributed by atoms with Gasteiger partial charge >= 0.3 is 0 Å². The maximum Gasteiger partial charge on any atom is 0.185 e. The summed E-state index contributed by atoms with van der Waals surface area (Å²) in [5.41, 5.74) is 6.56. The van der Waals surface area contributed by atoms with Gasteiger partial charge in [-0.05, 0) is 14.0 Å². The van der Waals surface area contributed by atoms with E-state index in [0.717, 1.165) is 30.5 Å². The van der Waals surface area contributed by atoms with Gasteiger partial charge < -0.3 is 15.5 Å². The maximum atomic E-state index is 5.56. The Bertz CT molecular complexity index is 325. The van der Waals surface area contributed by atoms with Gasteiger partial charge in [-0.3, -0.25) is 0 Å². The molecule has 4 nitrogen and oxygen atoms in total. The van der Waals surface area contributed by atoms with E-state index in [1.165, 1.54) is 0 Å². The standard InChI is InChI=1S/C10H18N4S/c1-8-6-14(4-3-13(8)2)10-12-9(5-11)7-15-10/h7-8H,3-6,11H2,1-2H3. The van der Waals surface area contributed by atoms with Crippen LogP contribution in [0.1, 0.15) is 12.6 Å². The molecule has 5 heteroatoms. The summed E-state index contributed by atoms with van der Waals surface area (Å²) in [5.74, 6) is 0. The molecule has 1 unspecified atom stereocenters. The average Bonchev–Trinajstić information content (AvgIpc) is 2.70. The number of thiazole rings is 1. The van der Waals surface area contributed by atoms with Gasteiger partial charge in [-0.1, -0.05) is 0 Å². The largest absolute Gasteiger partial charge is 0.345 e. The molecule has 0 radical (unpaired) electrons. The maximum absolute atomic E-state index is 5.56. The van der Waals surface area contributed by atoms with Crippen molar-refractivity contribution in [2.24, 2.45) is 5.73 Å². The summed E-state index contributed by atoms with van der Waals surface area (Å²) < 4.78 is 0. The van der Waals surface area contributed by atoms with Crippen LogP contribution in [0.3, 0.4) is 0 Å². The number of rotatable bonds is 2. The van der Waals surface area contributed by atoms with Crippen LogP contribution in [0.15, 0.2) is 5.38 Å². The number of hydrogen-bond acceptors (Lipinski definition) is 5. The molecule has 0 saturated carbocycles. The smallest absolute Gasteiger partial charge is 0.185 e. The minimum absolute atomic E-state index is 0.541. The van der Waals surface area contributed by atoms with Gasteiger partial charge in [0.25, 0.3) is 0 Å². The van der Waals surface area contributed by atoms with Gasteiger partial charge in [0, 0.05) is 37.6 Å². The lowest BCUT2D eigenvalue weighted by molar-refractivity contribution is 0.234. The molecule has 2 rings (SSSR count). The van der Waals surface area contributed by atoms with Crippen molar-refractivity contribution in [1.29, 1.82) is 0 Å². The molecule has 15 heavy (non-hydrogen) atoms. The SMILES string of the molecule is CC1CN(c2nc(CN)cs2)CCN1C. The van der Waals surface area contributed by atoms with Crippen molar-refractivity contribution in [3.8, 4) is 0 Å². The van der Waals surface area contributed by atoms with Crippen molar-refractivity contribution in [3.63, 3.8) is 0 Å². The average molecular weight is 226 g/mol. The second-order valence-corrected chi connectivity index (χ2v) is 4.94. The van der Waals surface area contributed by atoms with Crippen molar-refractivity contribution < 1.29 is 0 Å².